The lowest BCUT2D eigenvalue weighted by Gasteiger charge is -2.08. The number of benzene rings is 1. The molecule has 0 spiro atoms. The fourth-order valence-corrected chi connectivity index (χ4v) is 3.17. The highest BCUT2D eigenvalue weighted by Crippen LogP contribution is 2.23. The Morgan fingerprint density at radius 2 is 2.25 bits per heavy atom. The van der Waals surface area contributed by atoms with E-state index >= 15 is 0 Å². The number of rotatable bonds is 7. The first kappa shape index (κ1) is 16.5. The molecular formula is C16H20N6OS. The minimum Gasteiger partial charge on any atom is -0.379 e. The summed E-state index contributed by atoms with van der Waals surface area (Å²) in [7, 11) is 1.83. The van der Waals surface area contributed by atoms with Gasteiger partial charge in [0.1, 0.15) is 11.1 Å². The number of aryl methyl sites for hydroxylation is 1. The molecule has 0 fully saturated rings. The zero-order valence-corrected chi connectivity index (χ0v) is 14.7. The zero-order valence-electron chi connectivity index (χ0n) is 13.9. The minimum absolute atomic E-state index is 0.0421. The molecule has 24 heavy (non-hydrogen) atoms. The molecule has 0 aliphatic heterocycles. The van der Waals surface area contributed by atoms with Crippen LogP contribution in [0.4, 0.5) is 5.69 Å². The molecule has 0 amide bonds. The molecule has 0 aliphatic rings. The monoisotopic (exact) mass is 344 g/mol. The number of nitrogens with one attached hydrogen (secondary N) is 1. The first-order chi connectivity index (χ1) is 11.7. The highest BCUT2D eigenvalue weighted by atomic mass is 32.1. The third kappa shape index (κ3) is 3.77. The predicted octanol–water partition coefficient (Wildman–Crippen LogP) is 3.04. The van der Waals surface area contributed by atoms with Crippen molar-refractivity contribution >= 4 is 17.0 Å². The van der Waals surface area contributed by atoms with E-state index in [9.17, 15) is 0 Å². The number of tetrazole rings is 1. The van der Waals surface area contributed by atoms with Crippen molar-refractivity contribution < 1.29 is 4.74 Å². The normalized spacial score (nSPS) is 12.3. The summed E-state index contributed by atoms with van der Waals surface area (Å²) in [6.07, 6.45) is 0.0421. The zero-order chi connectivity index (χ0) is 16.9. The van der Waals surface area contributed by atoms with E-state index in [1.54, 1.807) is 16.0 Å². The van der Waals surface area contributed by atoms with Crippen LogP contribution in [0.5, 0.6) is 0 Å². The van der Waals surface area contributed by atoms with Gasteiger partial charge in [0.05, 0.1) is 12.2 Å². The second-order valence-corrected chi connectivity index (χ2v) is 6.22. The maximum absolute atomic E-state index is 5.58. The summed E-state index contributed by atoms with van der Waals surface area (Å²) in [4.78, 5) is 4.62. The Morgan fingerprint density at radius 3 is 3.00 bits per heavy atom. The second kappa shape index (κ2) is 7.50. The van der Waals surface area contributed by atoms with Crippen LogP contribution in [0.15, 0.2) is 29.6 Å². The molecule has 0 saturated carbocycles. The molecule has 7 nitrogen and oxygen atoms in total. The quantitative estimate of drug-likeness (QED) is 0.710. The van der Waals surface area contributed by atoms with Gasteiger partial charge in [-0.15, -0.1) is 16.4 Å². The van der Waals surface area contributed by atoms with Crippen molar-refractivity contribution in [3.8, 4) is 11.4 Å². The van der Waals surface area contributed by atoms with Crippen LogP contribution in [0, 0.1) is 0 Å². The number of thiazole rings is 1. The average molecular weight is 344 g/mol. The summed E-state index contributed by atoms with van der Waals surface area (Å²) in [5.74, 6) is 0.736. The first-order valence-corrected chi connectivity index (χ1v) is 8.68. The largest absolute Gasteiger partial charge is 0.379 e. The van der Waals surface area contributed by atoms with Gasteiger partial charge < -0.3 is 10.1 Å². The van der Waals surface area contributed by atoms with E-state index in [2.05, 4.69) is 31.2 Å². The average Bonchev–Trinajstić information content (AvgIpc) is 3.22. The Kier molecular flexibility index (Phi) is 5.17. The first-order valence-electron chi connectivity index (χ1n) is 7.80. The lowest BCUT2D eigenvalue weighted by molar-refractivity contribution is 0.0761. The summed E-state index contributed by atoms with van der Waals surface area (Å²) in [5.41, 5.74) is 2.98. The van der Waals surface area contributed by atoms with Crippen molar-refractivity contribution in [1.82, 2.24) is 25.2 Å². The summed E-state index contributed by atoms with van der Waals surface area (Å²) in [6, 6.07) is 8.02. The van der Waals surface area contributed by atoms with Gasteiger partial charge in [0.2, 0.25) is 0 Å². The van der Waals surface area contributed by atoms with Gasteiger partial charge in [-0.05, 0) is 36.4 Å². The summed E-state index contributed by atoms with van der Waals surface area (Å²) >= 11 is 1.63. The number of hydrogen-bond donors (Lipinski definition) is 1. The van der Waals surface area contributed by atoms with Gasteiger partial charge in [0.25, 0.3) is 0 Å². The van der Waals surface area contributed by atoms with Crippen molar-refractivity contribution in [1.29, 1.82) is 0 Å². The van der Waals surface area contributed by atoms with Crippen LogP contribution in [0.1, 0.15) is 30.7 Å². The molecule has 2 heterocycles. The van der Waals surface area contributed by atoms with Crippen molar-refractivity contribution in [2.75, 3.05) is 11.9 Å². The molecule has 1 N–H and O–H groups in total. The van der Waals surface area contributed by atoms with Gasteiger partial charge in [-0.2, -0.15) is 0 Å². The SMILES string of the molecule is CCOC(C)c1nc(CNc2cccc(-c3nnnn3C)c2)cs1. The van der Waals surface area contributed by atoms with Gasteiger partial charge >= 0.3 is 0 Å². The third-order valence-electron chi connectivity index (χ3n) is 3.55. The highest BCUT2D eigenvalue weighted by molar-refractivity contribution is 7.09. The van der Waals surface area contributed by atoms with Crippen molar-refractivity contribution in [3.63, 3.8) is 0 Å². The molecule has 1 atom stereocenters. The van der Waals surface area contributed by atoms with E-state index in [1.165, 1.54) is 0 Å². The fraction of sp³-hybridized carbons (Fsp3) is 0.375. The van der Waals surface area contributed by atoms with E-state index in [1.807, 2.05) is 45.2 Å². The van der Waals surface area contributed by atoms with Crippen LogP contribution in [0.25, 0.3) is 11.4 Å². The Hall–Kier alpha value is -2.32. The minimum atomic E-state index is 0.0421. The van der Waals surface area contributed by atoms with E-state index in [4.69, 9.17) is 4.74 Å². The Bertz CT molecular complexity index is 799. The number of hydrogen-bond acceptors (Lipinski definition) is 7. The molecule has 8 heteroatoms. The molecule has 3 rings (SSSR count). The second-order valence-electron chi connectivity index (χ2n) is 5.34. The number of ether oxygens (including phenoxy) is 1. The van der Waals surface area contributed by atoms with E-state index in [0.29, 0.717) is 13.2 Å². The smallest absolute Gasteiger partial charge is 0.181 e. The van der Waals surface area contributed by atoms with Crippen LogP contribution >= 0.6 is 11.3 Å². The van der Waals surface area contributed by atoms with Crippen LogP contribution < -0.4 is 5.32 Å². The van der Waals surface area contributed by atoms with Crippen molar-refractivity contribution in [3.05, 3.63) is 40.3 Å². The maximum Gasteiger partial charge on any atom is 0.181 e. The van der Waals surface area contributed by atoms with Crippen molar-refractivity contribution in [2.45, 2.75) is 26.5 Å². The predicted molar refractivity (Wildman–Crippen MR) is 93.7 cm³/mol. The molecule has 2 aromatic heterocycles. The van der Waals surface area contributed by atoms with Crippen LogP contribution in [-0.4, -0.2) is 31.8 Å². The Balaban J connectivity index is 1.66. The van der Waals surface area contributed by atoms with Gasteiger partial charge in [-0.1, -0.05) is 12.1 Å². The molecule has 0 saturated heterocycles. The molecule has 1 aromatic carbocycles. The van der Waals surface area contributed by atoms with Gasteiger partial charge in [0, 0.05) is 30.3 Å². The molecule has 0 radical (unpaired) electrons. The highest BCUT2D eigenvalue weighted by Gasteiger charge is 2.10. The van der Waals surface area contributed by atoms with E-state index in [0.717, 1.165) is 27.8 Å². The lowest BCUT2D eigenvalue weighted by atomic mass is 10.2. The van der Waals surface area contributed by atoms with E-state index < -0.39 is 0 Å². The molecule has 126 valence electrons. The number of aromatic nitrogens is 5. The number of anilines is 1. The van der Waals surface area contributed by atoms with Crippen molar-refractivity contribution in [2.24, 2.45) is 7.05 Å². The van der Waals surface area contributed by atoms with E-state index in [-0.39, 0.29) is 6.10 Å². The van der Waals surface area contributed by atoms with Gasteiger partial charge in [-0.25, -0.2) is 9.67 Å². The molecule has 0 aliphatic carbocycles. The van der Waals surface area contributed by atoms with Gasteiger partial charge in [-0.3, -0.25) is 0 Å². The van der Waals surface area contributed by atoms with Crippen LogP contribution in [0.2, 0.25) is 0 Å². The molecular weight excluding hydrogens is 324 g/mol. The fourth-order valence-electron chi connectivity index (χ4n) is 2.35. The third-order valence-corrected chi connectivity index (χ3v) is 4.60. The molecule has 1 unspecified atom stereocenters. The standard InChI is InChI=1S/C16H20N6OS/c1-4-23-11(2)16-18-14(10-24-16)9-17-13-7-5-6-12(8-13)15-19-20-21-22(15)3/h5-8,10-11,17H,4,9H2,1-3H3. The topological polar surface area (TPSA) is 77.8 Å². The van der Waals surface area contributed by atoms with Gasteiger partial charge in [0.15, 0.2) is 5.82 Å². The van der Waals surface area contributed by atoms with Crippen LogP contribution in [0.3, 0.4) is 0 Å². The Labute approximate surface area is 144 Å². The maximum atomic E-state index is 5.58. The molecule has 0 bridgehead atoms. The lowest BCUT2D eigenvalue weighted by Crippen LogP contribution is -2.02. The number of nitrogens with zero attached hydrogens (tertiary/aromatic N) is 5. The summed E-state index contributed by atoms with van der Waals surface area (Å²) in [5, 5.41) is 18.0. The summed E-state index contributed by atoms with van der Waals surface area (Å²) in [6.45, 7) is 5.37. The summed E-state index contributed by atoms with van der Waals surface area (Å²) < 4.78 is 7.23. The molecule has 3 aromatic rings. The Morgan fingerprint density at radius 1 is 1.38 bits per heavy atom. The van der Waals surface area contributed by atoms with Crippen LogP contribution in [-0.2, 0) is 18.3 Å².